The Morgan fingerprint density at radius 2 is 1.48 bits per heavy atom. The Hall–Kier alpha value is -7.75. The van der Waals surface area contributed by atoms with Crippen LogP contribution in [0.25, 0.3) is 0 Å². The van der Waals surface area contributed by atoms with Gasteiger partial charge < -0.3 is 44.1 Å². The molecule has 1 aliphatic carbocycles. The number of morpholine rings is 1. The molecule has 4 amide bonds. The van der Waals surface area contributed by atoms with E-state index in [0.29, 0.717) is 66.4 Å². The van der Waals surface area contributed by atoms with Crippen LogP contribution >= 0.6 is 0 Å². The fourth-order valence-electron chi connectivity index (χ4n) is 12.9. The van der Waals surface area contributed by atoms with Crippen molar-refractivity contribution in [2.75, 3.05) is 58.2 Å². The van der Waals surface area contributed by atoms with Gasteiger partial charge in [-0.05, 0) is 102 Å². The number of carbonyl (C=O) groups excluding carboxylic acids is 5. The maximum absolute atomic E-state index is 17.0. The van der Waals surface area contributed by atoms with E-state index in [1.54, 1.807) is 61.2 Å². The van der Waals surface area contributed by atoms with Gasteiger partial charge in [-0.15, -0.1) is 0 Å². The minimum atomic E-state index is -2.11. The van der Waals surface area contributed by atoms with E-state index in [9.17, 15) is 15.0 Å². The molecule has 3 saturated heterocycles. The van der Waals surface area contributed by atoms with Gasteiger partial charge in [0.05, 0.1) is 37.4 Å². The average Bonchev–Trinajstić information content (AvgIpc) is 1.90. The number of nitrogens with zero attached hydrogens (tertiary/aromatic N) is 4. The van der Waals surface area contributed by atoms with Gasteiger partial charge in [-0.1, -0.05) is 117 Å². The minimum Gasteiger partial charge on any atom is -0.491 e. The highest BCUT2D eigenvalue weighted by molar-refractivity contribution is 6.25. The van der Waals surface area contributed by atoms with Crippen molar-refractivity contribution in [3.8, 4) is 29.1 Å². The number of hydrogen-bond acceptors (Lipinski definition) is 14. The number of hydrogen-bond donors (Lipinski definition) is 3. The predicted octanol–water partition coefficient (Wildman–Crippen LogP) is 7.14. The summed E-state index contributed by atoms with van der Waals surface area (Å²) in [6, 6.07) is 31.3. The summed E-state index contributed by atoms with van der Waals surface area (Å²) in [6.07, 6.45) is 3.59. The lowest BCUT2D eigenvalue weighted by atomic mass is 9.64. The smallest absolute Gasteiger partial charge is 0.329 e. The molecule has 0 radical (unpaired) electrons. The van der Waals surface area contributed by atoms with E-state index >= 15 is 19.2 Å². The summed E-state index contributed by atoms with van der Waals surface area (Å²) in [7, 11) is 1.22. The van der Waals surface area contributed by atoms with Gasteiger partial charge in [-0.2, -0.15) is 0 Å². The lowest BCUT2D eigenvalue weighted by Crippen LogP contribution is -2.59. The summed E-state index contributed by atoms with van der Waals surface area (Å²) < 4.78 is 29.0. The van der Waals surface area contributed by atoms with Crippen LogP contribution in [-0.2, 0) is 40.6 Å². The number of ether oxygens (including phenoxy) is 5. The summed E-state index contributed by atoms with van der Waals surface area (Å²) in [4.78, 5) is 85.2. The number of carbonyl (C=O) groups is 5. The van der Waals surface area contributed by atoms with Crippen LogP contribution in [0.3, 0.4) is 0 Å². The minimum absolute atomic E-state index is 0.0138. The molecule has 5 aromatic carbocycles. The van der Waals surface area contributed by atoms with Gasteiger partial charge in [0.2, 0.25) is 18.6 Å². The van der Waals surface area contributed by atoms with Crippen molar-refractivity contribution in [1.82, 2.24) is 20.0 Å². The number of aliphatic hydroxyl groups is 2. The van der Waals surface area contributed by atoms with Crippen LogP contribution < -0.4 is 24.4 Å². The molecule has 5 heterocycles. The van der Waals surface area contributed by atoms with Gasteiger partial charge in [-0.3, -0.25) is 24.2 Å². The summed E-state index contributed by atoms with van der Waals surface area (Å²) in [5.41, 5.74) is 0.344. The van der Waals surface area contributed by atoms with E-state index in [2.05, 4.69) is 22.1 Å². The van der Waals surface area contributed by atoms with E-state index in [1.165, 1.54) is 7.11 Å². The Bertz CT molecular complexity index is 3180. The predicted molar refractivity (Wildman–Crippen MR) is 294 cm³/mol. The van der Waals surface area contributed by atoms with Crippen LogP contribution in [0.4, 0.5) is 10.5 Å². The first-order valence-electron chi connectivity index (χ1n) is 27.8. The maximum atomic E-state index is 17.0. The van der Waals surface area contributed by atoms with Gasteiger partial charge in [0.15, 0.2) is 11.5 Å². The molecule has 0 bridgehead atoms. The first kappa shape index (κ1) is 54.2. The molecule has 3 N–H and O–H groups in total. The molecule has 17 heteroatoms. The zero-order valence-electron chi connectivity index (χ0n) is 45.3. The fourth-order valence-corrected chi connectivity index (χ4v) is 12.9. The Balaban J connectivity index is 1.13. The number of aliphatic hydroxyl groups excluding tert-OH is 1. The number of piperazine rings is 1. The highest BCUT2D eigenvalue weighted by atomic mass is 16.7. The molecule has 4 fully saturated rings. The van der Waals surface area contributed by atoms with E-state index in [0.717, 1.165) is 41.7 Å². The molecule has 7 atom stereocenters. The fraction of sp³-hybridized carbons (Fsp3) is 0.413. The van der Waals surface area contributed by atoms with Crippen molar-refractivity contribution >= 4 is 35.5 Å². The van der Waals surface area contributed by atoms with Gasteiger partial charge in [-0.25, -0.2) is 14.5 Å². The number of rotatable bonds is 12. The molecule has 17 nitrogen and oxygen atoms in total. The summed E-state index contributed by atoms with van der Waals surface area (Å²) >= 11 is 0. The van der Waals surface area contributed by atoms with Crippen LogP contribution in [0.2, 0.25) is 0 Å². The topological polar surface area (TPSA) is 197 Å². The zero-order chi connectivity index (χ0) is 55.7. The number of anilines is 1. The van der Waals surface area contributed by atoms with Crippen LogP contribution in [0.5, 0.6) is 17.2 Å². The highest BCUT2D eigenvalue weighted by Gasteiger charge is 2.76. The maximum Gasteiger partial charge on any atom is 0.329 e. The lowest BCUT2D eigenvalue weighted by molar-refractivity contribution is -0.179. The monoisotopic (exact) mass is 1090 g/mol. The number of methoxy groups -OCH3 is 1. The van der Waals surface area contributed by atoms with E-state index < -0.39 is 82.9 Å². The lowest BCUT2D eigenvalue weighted by Gasteiger charge is -2.46. The molecular weight excluding hydrogens is 1020 g/mol. The molecule has 1 saturated carbocycles. The molecule has 5 aromatic rings. The molecule has 0 aromatic heterocycles. The van der Waals surface area contributed by atoms with Crippen molar-refractivity contribution in [1.29, 1.82) is 0 Å². The van der Waals surface area contributed by atoms with Crippen molar-refractivity contribution in [3.63, 3.8) is 0 Å². The first-order chi connectivity index (χ1) is 38.8. The highest BCUT2D eigenvalue weighted by Crippen LogP contribution is 2.66. The number of urea groups is 1. The Kier molecular flexibility index (Phi) is 15.4. The molecule has 80 heavy (non-hydrogen) atoms. The van der Waals surface area contributed by atoms with Crippen LogP contribution in [0, 0.1) is 23.7 Å². The first-order valence-corrected chi connectivity index (χ1v) is 27.8. The quantitative estimate of drug-likeness (QED) is 0.0648. The van der Waals surface area contributed by atoms with Crippen molar-refractivity contribution in [3.05, 3.63) is 155 Å². The SMILES string of the molecule is COC(=O)[C@@H](NC(=O)N1C(=O)[C@@]2(c3cc(C#CC4(O)CCCCCC4)ccc31)[C@H](c1ccc(OCCO)cc1)N1[C@H](c3ccccc3)[C@H](c3ccccc3)OC(=O)[C@H]1[C@@H]2C(=O)N1CCN(Cc2ccc3c(c2)OCO3)CC1)C(C)C. The van der Waals surface area contributed by atoms with Gasteiger partial charge in [0.25, 0.3) is 0 Å². The Morgan fingerprint density at radius 1 is 0.787 bits per heavy atom. The second-order valence-electron chi connectivity index (χ2n) is 22.0. The van der Waals surface area contributed by atoms with Crippen LogP contribution in [0.15, 0.2) is 121 Å². The molecule has 11 rings (SSSR count). The van der Waals surface area contributed by atoms with E-state index in [4.69, 9.17) is 23.7 Å². The number of nitrogens with one attached hydrogen (secondary N) is 1. The third-order valence-corrected chi connectivity index (χ3v) is 16.8. The average molecular weight is 1090 g/mol. The zero-order valence-corrected chi connectivity index (χ0v) is 45.3. The third-order valence-electron chi connectivity index (χ3n) is 16.8. The number of imide groups is 1. The Morgan fingerprint density at radius 3 is 2.15 bits per heavy atom. The number of esters is 2. The molecule has 1 spiro atoms. The second-order valence-corrected chi connectivity index (χ2v) is 22.0. The van der Waals surface area contributed by atoms with Crippen molar-refractivity contribution in [2.45, 2.75) is 100 Å². The standard InChI is InChI=1S/C63H67N5O12/c1-40(2)52(58(71)76-3)64-61(74)67-48-24-18-41(26-29-62(75)27-12-4-5-13-28-62)36-47(48)63(60(67)73)51(57(70)66-32-30-65(31-33-66)38-42-19-25-49-50(37-42)79-39-78-49)54-59(72)80-55(44-16-10-7-11-17-44)53(43-14-8-6-9-15-43)68(54)56(63)45-20-22-46(23-21-45)77-35-34-69/h6-11,14-25,36-37,40,51-56,69,75H,4-5,12-13,27-28,30-35,38-39H2,1-3H3,(H,64,74)/t51-,52+,53-,54-,55+,56+,63-/m1/s1. The molecule has 5 aliphatic heterocycles. The van der Waals surface area contributed by atoms with E-state index in [-0.39, 0.29) is 44.3 Å². The largest absolute Gasteiger partial charge is 0.491 e. The van der Waals surface area contributed by atoms with Gasteiger partial charge in [0, 0.05) is 38.3 Å². The Labute approximate surface area is 465 Å². The van der Waals surface area contributed by atoms with Crippen molar-refractivity contribution < 1.29 is 57.9 Å². The van der Waals surface area contributed by atoms with E-state index in [1.807, 2.05) is 83.8 Å². The van der Waals surface area contributed by atoms with Gasteiger partial charge in [0.1, 0.15) is 41.6 Å². The number of benzene rings is 5. The number of cyclic esters (lactones) is 1. The molecule has 0 unspecified atom stereocenters. The second kappa shape index (κ2) is 22.8. The summed E-state index contributed by atoms with van der Waals surface area (Å²) in [5.74, 6) is 3.45. The number of fused-ring (bicyclic) bond motifs is 4. The molecular formula is C63H67N5O12. The van der Waals surface area contributed by atoms with Crippen molar-refractivity contribution in [2.24, 2.45) is 11.8 Å². The van der Waals surface area contributed by atoms with Crippen LogP contribution in [-0.4, -0.2) is 126 Å². The van der Waals surface area contributed by atoms with Crippen LogP contribution in [0.1, 0.15) is 104 Å². The normalized spacial score (nSPS) is 24.5. The molecule has 6 aliphatic rings. The molecule has 416 valence electrons. The third kappa shape index (κ3) is 10.0. The number of amides is 4. The summed E-state index contributed by atoms with van der Waals surface area (Å²) in [5, 5.41) is 24.4. The van der Waals surface area contributed by atoms with Gasteiger partial charge >= 0.3 is 18.0 Å². The summed E-state index contributed by atoms with van der Waals surface area (Å²) in [6.45, 7) is 5.36.